The average Bonchev–Trinajstić information content (AvgIpc) is 3.22. The number of rotatable bonds is 6. The molecule has 1 aromatic heterocycles. The van der Waals surface area contributed by atoms with Crippen LogP contribution in [-0.2, 0) is 16.6 Å². The van der Waals surface area contributed by atoms with Gasteiger partial charge in [0, 0.05) is 37.3 Å². The Morgan fingerprint density at radius 2 is 2.22 bits per heavy atom. The van der Waals surface area contributed by atoms with E-state index in [0.29, 0.717) is 18.1 Å². The molecule has 9 heteroatoms. The molecule has 3 rings (SSSR count). The Balaban J connectivity index is 0.00000261. The maximum absolute atomic E-state index is 12.9. The van der Waals surface area contributed by atoms with E-state index in [1.165, 1.54) is 0 Å². The summed E-state index contributed by atoms with van der Waals surface area (Å²) in [6.07, 6.45) is 3.73. The van der Waals surface area contributed by atoms with Gasteiger partial charge >= 0.3 is 0 Å². The van der Waals surface area contributed by atoms with E-state index >= 15 is 0 Å². The zero-order valence-electron chi connectivity index (χ0n) is 14.9. The average molecular weight is 412 g/mol. The molecule has 0 unspecified atom stereocenters. The van der Waals surface area contributed by atoms with Crippen LogP contribution in [0.25, 0.3) is 0 Å². The number of nitrogens with one attached hydrogen (secondary N) is 2. The third-order valence-corrected chi connectivity index (χ3v) is 4.91. The van der Waals surface area contributed by atoms with Crippen molar-refractivity contribution in [2.45, 2.75) is 18.4 Å². The van der Waals surface area contributed by atoms with Gasteiger partial charge in [0.2, 0.25) is 11.8 Å². The van der Waals surface area contributed by atoms with E-state index in [0.717, 1.165) is 11.1 Å². The highest BCUT2D eigenvalue weighted by Gasteiger charge is 2.35. The standard InChI is InChI=1S/C18H22ClN5O2.ClH/c1-24-10-12(7-22-24)14-8-21-9-15(14)18(26)23-16(6-17(20)25)11-3-2-4-13(19)5-11;/h2-5,7,10,14-16,21H,6,8-9H2,1H3,(H2,20,25)(H,23,26);1H/t14-,15+,16-;/m1./s1. The summed E-state index contributed by atoms with van der Waals surface area (Å²) in [6, 6.07) is 6.58. The number of aryl methyl sites for hydroxylation is 1. The molecular formula is C18H23Cl2N5O2. The van der Waals surface area contributed by atoms with E-state index < -0.39 is 11.9 Å². The van der Waals surface area contributed by atoms with Crippen LogP contribution in [0.2, 0.25) is 5.02 Å². The number of carbonyl (C=O) groups excluding carboxylic acids is 2. The van der Waals surface area contributed by atoms with Crippen molar-refractivity contribution in [1.29, 1.82) is 0 Å². The molecule has 0 bridgehead atoms. The summed E-state index contributed by atoms with van der Waals surface area (Å²) in [6.45, 7) is 1.28. The van der Waals surface area contributed by atoms with Gasteiger partial charge in [-0.15, -0.1) is 12.4 Å². The molecule has 0 radical (unpaired) electrons. The number of carbonyl (C=O) groups is 2. The van der Waals surface area contributed by atoms with Crippen molar-refractivity contribution in [2.24, 2.45) is 18.7 Å². The summed E-state index contributed by atoms with van der Waals surface area (Å²) >= 11 is 6.05. The molecule has 7 nitrogen and oxygen atoms in total. The number of hydrogen-bond acceptors (Lipinski definition) is 4. The quantitative estimate of drug-likeness (QED) is 0.670. The molecule has 1 aromatic carbocycles. The summed E-state index contributed by atoms with van der Waals surface area (Å²) in [5, 5.41) is 11.0. The van der Waals surface area contributed by atoms with Gasteiger partial charge in [0.15, 0.2) is 0 Å². The maximum atomic E-state index is 12.9. The van der Waals surface area contributed by atoms with Gasteiger partial charge in [-0.1, -0.05) is 23.7 Å². The Labute approximate surface area is 169 Å². The fourth-order valence-corrected chi connectivity index (χ4v) is 3.59. The molecule has 146 valence electrons. The van der Waals surface area contributed by atoms with E-state index in [1.807, 2.05) is 19.3 Å². The van der Waals surface area contributed by atoms with Gasteiger partial charge < -0.3 is 16.4 Å². The first-order valence-corrected chi connectivity index (χ1v) is 8.85. The SMILES string of the molecule is Cl.Cn1cc([C@H]2CNC[C@@H]2C(=O)N[C@H](CC(N)=O)c2cccc(Cl)c2)cn1. The second-order valence-corrected chi connectivity index (χ2v) is 7.04. The van der Waals surface area contributed by atoms with E-state index in [9.17, 15) is 9.59 Å². The molecule has 2 amide bonds. The van der Waals surface area contributed by atoms with Crippen LogP contribution in [-0.4, -0.2) is 34.7 Å². The van der Waals surface area contributed by atoms with E-state index in [-0.39, 0.29) is 36.6 Å². The van der Waals surface area contributed by atoms with Crippen LogP contribution in [0.15, 0.2) is 36.7 Å². The number of amides is 2. The molecule has 27 heavy (non-hydrogen) atoms. The van der Waals surface area contributed by atoms with Crippen LogP contribution in [0.3, 0.4) is 0 Å². The van der Waals surface area contributed by atoms with Gasteiger partial charge in [-0.3, -0.25) is 14.3 Å². The highest BCUT2D eigenvalue weighted by Crippen LogP contribution is 2.29. The number of nitrogens with two attached hydrogens (primary N) is 1. The number of nitrogens with zero attached hydrogens (tertiary/aromatic N) is 2. The third kappa shape index (κ3) is 5.22. The number of hydrogen-bond donors (Lipinski definition) is 3. The summed E-state index contributed by atoms with van der Waals surface area (Å²) in [5.41, 5.74) is 7.15. The largest absolute Gasteiger partial charge is 0.370 e. The second kappa shape index (κ2) is 9.21. The molecule has 2 heterocycles. The fraction of sp³-hybridized carbons (Fsp3) is 0.389. The van der Waals surface area contributed by atoms with Gasteiger partial charge in [-0.2, -0.15) is 5.10 Å². The highest BCUT2D eigenvalue weighted by molar-refractivity contribution is 6.30. The summed E-state index contributed by atoms with van der Waals surface area (Å²) < 4.78 is 1.73. The second-order valence-electron chi connectivity index (χ2n) is 6.61. The van der Waals surface area contributed by atoms with Crippen molar-refractivity contribution in [3.8, 4) is 0 Å². The van der Waals surface area contributed by atoms with E-state index in [4.69, 9.17) is 17.3 Å². The molecule has 1 aliphatic heterocycles. The van der Waals surface area contributed by atoms with Crippen molar-refractivity contribution in [2.75, 3.05) is 13.1 Å². The smallest absolute Gasteiger partial charge is 0.225 e. The first-order valence-electron chi connectivity index (χ1n) is 8.47. The van der Waals surface area contributed by atoms with Gasteiger partial charge in [-0.05, 0) is 23.3 Å². The fourth-order valence-electron chi connectivity index (χ4n) is 3.39. The minimum Gasteiger partial charge on any atom is -0.370 e. The van der Waals surface area contributed by atoms with Gasteiger partial charge in [0.25, 0.3) is 0 Å². The van der Waals surface area contributed by atoms with E-state index in [1.54, 1.807) is 29.1 Å². The topological polar surface area (TPSA) is 102 Å². The summed E-state index contributed by atoms with van der Waals surface area (Å²) in [7, 11) is 1.85. The normalized spacial score (nSPS) is 19.9. The zero-order valence-corrected chi connectivity index (χ0v) is 16.5. The van der Waals surface area contributed by atoms with Crippen LogP contribution in [0.5, 0.6) is 0 Å². The van der Waals surface area contributed by atoms with Gasteiger partial charge in [-0.25, -0.2) is 0 Å². The molecule has 1 aliphatic rings. The molecule has 3 atom stereocenters. The lowest BCUT2D eigenvalue weighted by Crippen LogP contribution is -2.38. The lowest BCUT2D eigenvalue weighted by atomic mass is 9.89. The van der Waals surface area contributed by atoms with Crippen LogP contribution in [0, 0.1) is 5.92 Å². The first kappa shape index (κ1) is 21.2. The van der Waals surface area contributed by atoms with Crippen molar-refractivity contribution >= 4 is 35.8 Å². The summed E-state index contributed by atoms with van der Waals surface area (Å²) in [5.74, 6) is -0.801. The van der Waals surface area contributed by atoms with Crippen LogP contribution >= 0.6 is 24.0 Å². The van der Waals surface area contributed by atoms with Crippen molar-refractivity contribution in [3.63, 3.8) is 0 Å². The number of primary amides is 1. The predicted molar refractivity (Wildman–Crippen MR) is 106 cm³/mol. The highest BCUT2D eigenvalue weighted by atomic mass is 35.5. The molecule has 2 aromatic rings. The third-order valence-electron chi connectivity index (χ3n) is 4.68. The van der Waals surface area contributed by atoms with Gasteiger partial charge in [0.1, 0.15) is 0 Å². The van der Waals surface area contributed by atoms with Crippen LogP contribution in [0.4, 0.5) is 0 Å². The number of benzene rings is 1. The maximum Gasteiger partial charge on any atom is 0.225 e. The Bertz CT molecular complexity index is 811. The van der Waals surface area contributed by atoms with Crippen LogP contribution < -0.4 is 16.4 Å². The minimum absolute atomic E-state index is 0. The summed E-state index contributed by atoms with van der Waals surface area (Å²) in [4.78, 5) is 24.4. The molecule has 1 saturated heterocycles. The van der Waals surface area contributed by atoms with Crippen molar-refractivity contribution < 1.29 is 9.59 Å². The Morgan fingerprint density at radius 1 is 1.44 bits per heavy atom. The predicted octanol–water partition coefficient (Wildman–Crippen LogP) is 1.53. The molecule has 0 spiro atoms. The number of halogens is 2. The first-order chi connectivity index (χ1) is 12.4. The molecule has 0 saturated carbocycles. The molecule has 0 aliphatic carbocycles. The van der Waals surface area contributed by atoms with Gasteiger partial charge in [0.05, 0.1) is 24.6 Å². The molecule has 1 fully saturated rings. The van der Waals surface area contributed by atoms with Crippen LogP contribution in [0.1, 0.15) is 29.5 Å². The minimum atomic E-state index is -0.506. The zero-order chi connectivity index (χ0) is 18.7. The molecule has 4 N–H and O–H groups in total. The lowest BCUT2D eigenvalue weighted by molar-refractivity contribution is -0.126. The Kier molecular flexibility index (Phi) is 7.24. The Morgan fingerprint density at radius 3 is 2.85 bits per heavy atom. The Hall–Kier alpha value is -2.09. The monoisotopic (exact) mass is 411 g/mol. The number of aromatic nitrogens is 2. The van der Waals surface area contributed by atoms with Crippen molar-refractivity contribution in [3.05, 3.63) is 52.8 Å². The molecular weight excluding hydrogens is 389 g/mol. The van der Waals surface area contributed by atoms with Crippen molar-refractivity contribution in [1.82, 2.24) is 20.4 Å². The lowest BCUT2D eigenvalue weighted by Gasteiger charge is -2.23. The van der Waals surface area contributed by atoms with E-state index in [2.05, 4.69) is 15.7 Å².